The number of amides is 1. The smallest absolute Gasteiger partial charge is 0.254 e. The van der Waals surface area contributed by atoms with Crippen molar-refractivity contribution in [1.29, 1.82) is 0 Å². The first kappa shape index (κ1) is 18.2. The lowest BCUT2D eigenvalue weighted by molar-refractivity contribution is 0.0139. The van der Waals surface area contributed by atoms with Gasteiger partial charge >= 0.3 is 0 Å². The van der Waals surface area contributed by atoms with Crippen molar-refractivity contribution in [1.82, 2.24) is 4.90 Å². The zero-order chi connectivity index (χ0) is 14.7. The number of rotatable bonds is 3. The van der Waals surface area contributed by atoms with Crippen LogP contribution in [-0.2, 0) is 4.74 Å². The molecule has 1 heterocycles. The highest BCUT2D eigenvalue weighted by atomic mass is 35.5. The molecule has 2 atom stereocenters. The summed E-state index contributed by atoms with van der Waals surface area (Å²) in [5.74, 6) is -0.700. The number of likely N-dealkylation sites (tertiary alicyclic amines) is 1. The Morgan fingerprint density at radius 3 is 2.86 bits per heavy atom. The predicted octanol–water partition coefficient (Wildman–Crippen LogP) is 2.48. The third-order valence-corrected chi connectivity index (χ3v) is 3.99. The fraction of sp³-hybridized carbons (Fsp3) is 0.500. The molecule has 7 heteroatoms. The first-order valence-electron chi connectivity index (χ1n) is 6.55. The number of nitrogens with two attached hydrogens (primary N) is 1. The van der Waals surface area contributed by atoms with Crippen LogP contribution in [0.1, 0.15) is 23.2 Å². The summed E-state index contributed by atoms with van der Waals surface area (Å²) in [6.07, 6.45) is 1.62. The van der Waals surface area contributed by atoms with E-state index in [9.17, 15) is 9.18 Å². The molecule has 1 aromatic rings. The van der Waals surface area contributed by atoms with E-state index >= 15 is 0 Å². The third kappa shape index (κ3) is 4.07. The van der Waals surface area contributed by atoms with Gasteiger partial charge in [-0.3, -0.25) is 4.79 Å². The van der Waals surface area contributed by atoms with Crippen LogP contribution in [0.15, 0.2) is 18.2 Å². The number of hydrogen-bond donors (Lipinski definition) is 1. The van der Waals surface area contributed by atoms with E-state index in [1.165, 1.54) is 18.2 Å². The van der Waals surface area contributed by atoms with E-state index < -0.39 is 5.82 Å². The Hall–Kier alpha value is -0.880. The first-order valence-corrected chi connectivity index (χ1v) is 6.93. The van der Waals surface area contributed by atoms with Crippen molar-refractivity contribution in [3.63, 3.8) is 0 Å². The van der Waals surface area contributed by atoms with Gasteiger partial charge in [-0.25, -0.2) is 4.39 Å². The summed E-state index contributed by atoms with van der Waals surface area (Å²) in [4.78, 5) is 14.2. The number of hydrogen-bond acceptors (Lipinski definition) is 3. The minimum Gasteiger partial charge on any atom is -0.381 e. The Morgan fingerprint density at radius 1 is 1.57 bits per heavy atom. The number of nitrogens with zero attached hydrogens (tertiary/aromatic N) is 1. The molecule has 1 aliphatic rings. The number of benzene rings is 1. The molecule has 0 aromatic heterocycles. The van der Waals surface area contributed by atoms with Gasteiger partial charge in [-0.05, 0) is 31.0 Å². The largest absolute Gasteiger partial charge is 0.381 e. The SMILES string of the molecule is COC1CCN(C(=O)c2ccc(F)c(Cl)c2)C(CN)C1.Cl. The van der Waals surface area contributed by atoms with Crippen LogP contribution in [0.25, 0.3) is 0 Å². The van der Waals surface area contributed by atoms with Gasteiger partial charge in [0.25, 0.3) is 5.91 Å². The van der Waals surface area contributed by atoms with Crippen molar-refractivity contribution in [3.05, 3.63) is 34.6 Å². The highest BCUT2D eigenvalue weighted by Gasteiger charge is 2.31. The van der Waals surface area contributed by atoms with Crippen LogP contribution >= 0.6 is 24.0 Å². The van der Waals surface area contributed by atoms with E-state index in [0.717, 1.165) is 6.42 Å². The Bertz CT molecular complexity index is 502. The monoisotopic (exact) mass is 336 g/mol. The average Bonchev–Trinajstić information content (AvgIpc) is 2.48. The lowest BCUT2D eigenvalue weighted by Gasteiger charge is -2.38. The molecular weight excluding hydrogens is 318 g/mol. The summed E-state index contributed by atoms with van der Waals surface area (Å²) in [6, 6.07) is 3.94. The van der Waals surface area contributed by atoms with Gasteiger partial charge in [0.05, 0.1) is 11.1 Å². The van der Waals surface area contributed by atoms with E-state index in [2.05, 4.69) is 0 Å². The van der Waals surface area contributed by atoms with Crippen molar-refractivity contribution in [3.8, 4) is 0 Å². The van der Waals surface area contributed by atoms with Gasteiger partial charge in [0.1, 0.15) is 5.82 Å². The highest BCUT2D eigenvalue weighted by molar-refractivity contribution is 6.31. The van der Waals surface area contributed by atoms with Crippen LogP contribution < -0.4 is 5.73 Å². The molecule has 0 bridgehead atoms. The molecule has 21 heavy (non-hydrogen) atoms. The molecule has 1 aromatic carbocycles. The Morgan fingerprint density at radius 2 is 2.29 bits per heavy atom. The normalized spacial score (nSPS) is 21.8. The van der Waals surface area contributed by atoms with Crippen LogP contribution in [0.5, 0.6) is 0 Å². The molecule has 4 nitrogen and oxygen atoms in total. The molecule has 2 N–H and O–H groups in total. The Kier molecular flexibility index (Phi) is 6.87. The fourth-order valence-corrected chi connectivity index (χ4v) is 2.69. The summed E-state index contributed by atoms with van der Waals surface area (Å²) < 4.78 is 18.5. The molecule has 1 fully saturated rings. The molecule has 0 aliphatic carbocycles. The summed E-state index contributed by atoms with van der Waals surface area (Å²) in [5.41, 5.74) is 6.13. The summed E-state index contributed by atoms with van der Waals surface area (Å²) in [7, 11) is 1.66. The average molecular weight is 337 g/mol. The van der Waals surface area contributed by atoms with E-state index in [-0.39, 0.29) is 35.5 Å². The van der Waals surface area contributed by atoms with E-state index in [0.29, 0.717) is 25.1 Å². The first-order chi connectivity index (χ1) is 9.56. The molecule has 0 spiro atoms. The topological polar surface area (TPSA) is 55.6 Å². The summed E-state index contributed by atoms with van der Waals surface area (Å²) in [5, 5.41) is -0.0491. The van der Waals surface area contributed by atoms with Crippen molar-refractivity contribution >= 4 is 29.9 Å². The third-order valence-electron chi connectivity index (χ3n) is 3.70. The molecule has 1 aliphatic heterocycles. The van der Waals surface area contributed by atoms with Crippen LogP contribution in [0.2, 0.25) is 5.02 Å². The Labute approximate surface area is 134 Å². The van der Waals surface area contributed by atoms with E-state index in [4.69, 9.17) is 22.1 Å². The second-order valence-electron chi connectivity index (χ2n) is 4.90. The van der Waals surface area contributed by atoms with Gasteiger partial charge in [-0.15, -0.1) is 12.4 Å². The maximum atomic E-state index is 13.2. The molecule has 2 unspecified atom stereocenters. The number of carbonyl (C=O) groups excluding carboxylic acids is 1. The van der Waals surface area contributed by atoms with Gasteiger partial charge in [0.15, 0.2) is 0 Å². The maximum Gasteiger partial charge on any atom is 0.254 e. The molecule has 1 saturated heterocycles. The van der Waals surface area contributed by atoms with E-state index in [1.807, 2.05) is 0 Å². The molecular formula is C14H19Cl2FN2O2. The summed E-state index contributed by atoms with van der Waals surface area (Å²) in [6.45, 7) is 0.953. The maximum absolute atomic E-state index is 13.2. The van der Waals surface area contributed by atoms with Crippen LogP contribution in [0.4, 0.5) is 4.39 Å². The van der Waals surface area contributed by atoms with Gasteiger partial charge in [-0.1, -0.05) is 11.6 Å². The van der Waals surface area contributed by atoms with Crippen LogP contribution in [0.3, 0.4) is 0 Å². The lowest BCUT2D eigenvalue weighted by atomic mass is 9.98. The van der Waals surface area contributed by atoms with Gasteiger partial charge in [0.2, 0.25) is 0 Å². The summed E-state index contributed by atoms with van der Waals surface area (Å²) >= 11 is 5.72. The molecule has 0 radical (unpaired) electrons. The zero-order valence-corrected chi connectivity index (χ0v) is 13.3. The van der Waals surface area contributed by atoms with Crippen LogP contribution in [-0.4, -0.2) is 43.2 Å². The van der Waals surface area contributed by atoms with E-state index in [1.54, 1.807) is 12.0 Å². The standard InChI is InChI=1S/C14H18ClFN2O2.ClH/c1-20-11-4-5-18(10(7-11)8-17)14(19)9-2-3-13(16)12(15)6-9;/h2-3,6,10-11H,4-5,7-8,17H2,1H3;1H. The number of ether oxygens (including phenoxy) is 1. The lowest BCUT2D eigenvalue weighted by Crippen LogP contribution is -2.51. The predicted molar refractivity (Wildman–Crippen MR) is 82.6 cm³/mol. The van der Waals surface area contributed by atoms with Crippen molar-refractivity contribution in [2.24, 2.45) is 5.73 Å². The zero-order valence-electron chi connectivity index (χ0n) is 11.7. The Balaban J connectivity index is 0.00000220. The minimum atomic E-state index is -0.531. The van der Waals surface area contributed by atoms with Crippen molar-refractivity contribution in [2.45, 2.75) is 25.0 Å². The van der Waals surface area contributed by atoms with Crippen molar-refractivity contribution in [2.75, 3.05) is 20.2 Å². The van der Waals surface area contributed by atoms with Gasteiger partial charge in [0, 0.05) is 31.8 Å². The highest BCUT2D eigenvalue weighted by Crippen LogP contribution is 2.23. The second-order valence-corrected chi connectivity index (χ2v) is 5.31. The van der Waals surface area contributed by atoms with Gasteiger partial charge < -0.3 is 15.4 Å². The minimum absolute atomic E-state index is 0. The van der Waals surface area contributed by atoms with Gasteiger partial charge in [-0.2, -0.15) is 0 Å². The molecule has 1 amide bonds. The number of piperidine rings is 1. The molecule has 118 valence electrons. The number of halogens is 3. The molecule has 0 saturated carbocycles. The number of methoxy groups -OCH3 is 1. The second kappa shape index (κ2) is 7.94. The van der Waals surface area contributed by atoms with Crippen LogP contribution in [0, 0.1) is 5.82 Å². The molecule has 2 rings (SSSR count). The van der Waals surface area contributed by atoms with Crippen molar-refractivity contribution < 1.29 is 13.9 Å². The quantitative estimate of drug-likeness (QED) is 0.922. The fourth-order valence-electron chi connectivity index (χ4n) is 2.51. The number of carbonyl (C=O) groups is 1.